The van der Waals surface area contributed by atoms with Crippen molar-refractivity contribution in [2.45, 2.75) is 78.4 Å². The number of carbonyl (C=O) groups excluding carboxylic acids is 3. The van der Waals surface area contributed by atoms with Crippen molar-refractivity contribution in [3.05, 3.63) is 29.8 Å². The second-order valence-electron chi connectivity index (χ2n) is 10.7. The van der Waals surface area contributed by atoms with Gasteiger partial charge in [0, 0.05) is 44.2 Å². The first kappa shape index (κ1) is 28.8. The van der Waals surface area contributed by atoms with Gasteiger partial charge in [-0.05, 0) is 42.7 Å². The van der Waals surface area contributed by atoms with Crippen LogP contribution in [0.2, 0.25) is 0 Å². The Hall–Kier alpha value is -2.45. The van der Waals surface area contributed by atoms with Gasteiger partial charge in [0.2, 0.25) is 17.7 Å². The summed E-state index contributed by atoms with van der Waals surface area (Å²) in [4.78, 5) is 39.7. The molecular weight excluding hydrogens is 444 g/mol. The Kier molecular flexibility index (Phi) is 10.7. The quantitative estimate of drug-likeness (QED) is 0.336. The number of unbranched alkanes of at least 4 members (excludes halogenated alkanes) is 1. The fraction of sp³-hybridized carbons (Fsp3) is 0.667. The van der Waals surface area contributed by atoms with Crippen molar-refractivity contribution in [3.63, 3.8) is 0 Å². The number of aliphatic hydroxyl groups is 1. The van der Waals surface area contributed by atoms with Crippen LogP contribution in [0.4, 0.5) is 5.69 Å². The highest BCUT2D eigenvalue weighted by molar-refractivity contribution is 5.96. The van der Waals surface area contributed by atoms with Gasteiger partial charge in [-0.2, -0.15) is 0 Å². The lowest BCUT2D eigenvalue weighted by atomic mass is 9.79. The molecule has 5 N–H and O–H groups in total. The maximum atomic E-state index is 13.4. The van der Waals surface area contributed by atoms with E-state index in [0.717, 1.165) is 24.1 Å². The second kappa shape index (κ2) is 13.0. The van der Waals surface area contributed by atoms with Gasteiger partial charge < -0.3 is 26.4 Å². The summed E-state index contributed by atoms with van der Waals surface area (Å²) in [6.45, 7) is 8.76. The van der Waals surface area contributed by atoms with Gasteiger partial charge in [0.1, 0.15) is 0 Å². The van der Waals surface area contributed by atoms with E-state index in [1.54, 1.807) is 18.9 Å². The first-order valence-corrected chi connectivity index (χ1v) is 12.8. The molecule has 0 radical (unpaired) electrons. The molecule has 0 bridgehead atoms. The highest BCUT2D eigenvalue weighted by Crippen LogP contribution is 2.34. The summed E-state index contributed by atoms with van der Waals surface area (Å²) in [6.07, 6.45) is 2.62. The molecular formula is C27H44N4O4. The average Bonchev–Trinajstić information content (AvgIpc) is 2.81. The van der Waals surface area contributed by atoms with E-state index in [2.05, 4.69) is 17.6 Å². The standard InChI is InChI=1S/C27H44N4O4/c1-6-7-12-30-25(34)18(2)13-23(32)21(28)15-27(3,4)16-24(33)31-17-20(26(35)29-5)14-19-10-8-9-11-22(19)31/h8-11,18,20-21,23,32H,6-7,12-17,28H2,1-5H3,(H,29,35)(H,30,34)/t18-,20-,21+,23+/m1/s1. The molecule has 0 saturated heterocycles. The number of para-hydroxylation sites is 1. The largest absolute Gasteiger partial charge is 0.391 e. The predicted octanol–water partition coefficient (Wildman–Crippen LogP) is 2.38. The van der Waals surface area contributed by atoms with E-state index < -0.39 is 17.6 Å². The minimum Gasteiger partial charge on any atom is -0.391 e. The van der Waals surface area contributed by atoms with E-state index in [1.165, 1.54) is 0 Å². The minimum atomic E-state index is -0.843. The number of hydrogen-bond donors (Lipinski definition) is 4. The van der Waals surface area contributed by atoms with Crippen molar-refractivity contribution in [1.29, 1.82) is 0 Å². The van der Waals surface area contributed by atoms with Gasteiger partial charge in [0.25, 0.3) is 0 Å². The van der Waals surface area contributed by atoms with Gasteiger partial charge in [-0.15, -0.1) is 0 Å². The Balaban J connectivity index is 1.99. The SMILES string of the molecule is CCCCNC(=O)[C@H](C)C[C@H](O)[C@@H](N)CC(C)(C)CC(=O)N1C[C@H](C(=O)NC)Cc2ccccc21. The molecule has 1 aromatic carbocycles. The number of nitrogens with one attached hydrogen (secondary N) is 2. The Morgan fingerprint density at radius 2 is 1.94 bits per heavy atom. The molecule has 1 heterocycles. The van der Waals surface area contributed by atoms with E-state index in [4.69, 9.17) is 5.73 Å². The fourth-order valence-electron chi connectivity index (χ4n) is 4.77. The fourth-order valence-corrected chi connectivity index (χ4v) is 4.77. The van der Waals surface area contributed by atoms with E-state index >= 15 is 0 Å². The van der Waals surface area contributed by atoms with Gasteiger partial charge in [-0.3, -0.25) is 14.4 Å². The molecule has 1 aliphatic heterocycles. The van der Waals surface area contributed by atoms with Crippen LogP contribution in [0.25, 0.3) is 0 Å². The Bertz CT molecular complexity index is 872. The molecule has 4 atom stereocenters. The summed E-state index contributed by atoms with van der Waals surface area (Å²) in [7, 11) is 1.61. The molecule has 1 aromatic rings. The molecule has 3 amide bonds. The van der Waals surface area contributed by atoms with Crippen LogP contribution in [0.3, 0.4) is 0 Å². The van der Waals surface area contributed by atoms with Gasteiger partial charge in [0.05, 0.1) is 12.0 Å². The monoisotopic (exact) mass is 488 g/mol. The van der Waals surface area contributed by atoms with E-state index in [9.17, 15) is 19.5 Å². The zero-order chi connectivity index (χ0) is 26.2. The number of hydrogen-bond acceptors (Lipinski definition) is 5. The number of fused-ring (bicyclic) bond motifs is 1. The van der Waals surface area contributed by atoms with Crippen LogP contribution >= 0.6 is 0 Å². The Labute approximate surface area is 210 Å². The van der Waals surface area contributed by atoms with Crippen molar-refractivity contribution in [2.75, 3.05) is 25.0 Å². The molecule has 0 aliphatic carbocycles. The molecule has 2 rings (SSSR count). The zero-order valence-corrected chi connectivity index (χ0v) is 22.0. The predicted molar refractivity (Wildman–Crippen MR) is 139 cm³/mol. The van der Waals surface area contributed by atoms with Crippen LogP contribution in [0.5, 0.6) is 0 Å². The molecule has 0 saturated carbocycles. The summed E-state index contributed by atoms with van der Waals surface area (Å²) in [5, 5.41) is 16.3. The topological polar surface area (TPSA) is 125 Å². The van der Waals surface area contributed by atoms with Crippen molar-refractivity contribution in [3.8, 4) is 0 Å². The highest BCUT2D eigenvalue weighted by Gasteiger charge is 2.35. The number of nitrogens with zero attached hydrogens (tertiary/aromatic N) is 1. The van der Waals surface area contributed by atoms with E-state index in [1.807, 2.05) is 38.1 Å². The summed E-state index contributed by atoms with van der Waals surface area (Å²) in [6, 6.07) is 7.14. The summed E-state index contributed by atoms with van der Waals surface area (Å²) < 4.78 is 0. The van der Waals surface area contributed by atoms with Crippen LogP contribution in [-0.2, 0) is 20.8 Å². The average molecular weight is 489 g/mol. The van der Waals surface area contributed by atoms with Crippen molar-refractivity contribution >= 4 is 23.4 Å². The number of amides is 3. The Morgan fingerprint density at radius 3 is 2.60 bits per heavy atom. The Morgan fingerprint density at radius 1 is 1.26 bits per heavy atom. The van der Waals surface area contributed by atoms with Crippen LogP contribution in [0.15, 0.2) is 24.3 Å². The summed E-state index contributed by atoms with van der Waals surface area (Å²) >= 11 is 0. The number of anilines is 1. The third kappa shape index (κ3) is 8.32. The number of carbonyl (C=O) groups is 3. The van der Waals surface area contributed by atoms with Gasteiger partial charge >= 0.3 is 0 Å². The maximum Gasteiger partial charge on any atom is 0.227 e. The van der Waals surface area contributed by atoms with Crippen LogP contribution in [0, 0.1) is 17.3 Å². The molecule has 0 unspecified atom stereocenters. The third-order valence-corrected chi connectivity index (χ3v) is 6.85. The van der Waals surface area contributed by atoms with Crippen LogP contribution in [0.1, 0.15) is 65.4 Å². The maximum absolute atomic E-state index is 13.4. The van der Waals surface area contributed by atoms with Crippen molar-refractivity contribution < 1.29 is 19.5 Å². The molecule has 196 valence electrons. The summed E-state index contributed by atoms with van der Waals surface area (Å²) in [5.41, 5.74) is 7.68. The molecule has 0 spiro atoms. The first-order valence-electron chi connectivity index (χ1n) is 12.8. The van der Waals surface area contributed by atoms with Crippen LogP contribution < -0.4 is 21.3 Å². The molecule has 35 heavy (non-hydrogen) atoms. The molecule has 8 nitrogen and oxygen atoms in total. The van der Waals surface area contributed by atoms with Gasteiger partial charge in [-0.25, -0.2) is 0 Å². The van der Waals surface area contributed by atoms with Crippen molar-refractivity contribution in [1.82, 2.24) is 10.6 Å². The highest BCUT2D eigenvalue weighted by atomic mass is 16.3. The van der Waals surface area contributed by atoms with Gasteiger partial charge in [0.15, 0.2) is 0 Å². The summed E-state index contributed by atoms with van der Waals surface area (Å²) in [5.74, 6) is -0.857. The third-order valence-electron chi connectivity index (χ3n) is 6.85. The van der Waals surface area contributed by atoms with E-state index in [-0.39, 0.29) is 42.4 Å². The first-order chi connectivity index (χ1) is 16.5. The molecule has 1 aliphatic rings. The number of benzene rings is 1. The lowest BCUT2D eigenvalue weighted by molar-refractivity contribution is -0.126. The normalized spacial score (nSPS) is 18.3. The van der Waals surface area contributed by atoms with Gasteiger partial charge in [-0.1, -0.05) is 52.3 Å². The van der Waals surface area contributed by atoms with Crippen LogP contribution in [-0.4, -0.2) is 55.1 Å². The van der Waals surface area contributed by atoms with Crippen molar-refractivity contribution in [2.24, 2.45) is 23.0 Å². The molecule has 8 heteroatoms. The number of nitrogens with two attached hydrogens (primary N) is 1. The second-order valence-corrected chi connectivity index (χ2v) is 10.7. The smallest absolute Gasteiger partial charge is 0.227 e. The minimum absolute atomic E-state index is 0.0681. The zero-order valence-electron chi connectivity index (χ0n) is 22.0. The number of rotatable bonds is 12. The molecule has 0 fully saturated rings. The van der Waals surface area contributed by atoms with E-state index in [0.29, 0.717) is 25.9 Å². The lowest BCUT2D eigenvalue weighted by Gasteiger charge is -2.37. The number of aliphatic hydroxyl groups excluding tert-OH is 1. The lowest BCUT2D eigenvalue weighted by Crippen LogP contribution is -2.47. The molecule has 0 aromatic heterocycles.